The van der Waals surface area contributed by atoms with Gasteiger partial charge in [0.1, 0.15) is 11.3 Å². The Morgan fingerprint density at radius 2 is 1.91 bits per heavy atom. The van der Waals surface area contributed by atoms with Gasteiger partial charge < -0.3 is 4.42 Å². The molecular weight excluding hydrogens is 274 g/mol. The molecule has 0 aliphatic rings. The Morgan fingerprint density at radius 3 is 2.68 bits per heavy atom. The smallest absolute Gasteiger partial charge is 0.183 e. The topological polar surface area (TPSA) is 43.9 Å². The molecule has 22 heavy (non-hydrogen) atoms. The molecule has 0 saturated carbocycles. The molecule has 0 radical (unpaired) electrons. The van der Waals surface area contributed by atoms with Crippen molar-refractivity contribution in [2.75, 3.05) is 0 Å². The van der Waals surface area contributed by atoms with Crippen molar-refractivity contribution in [2.45, 2.75) is 13.8 Å². The minimum atomic E-state index is 0.747. The summed E-state index contributed by atoms with van der Waals surface area (Å²) in [4.78, 5) is 9.21. The van der Waals surface area contributed by atoms with Crippen molar-refractivity contribution in [2.24, 2.45) is 0 Å². The zero-order valence-electron chi connectivity index (χ0n) is 12.4. The molecule has 108 valence electrons. The zero-order chi connectivity index (χ0) is 15.1. The van der Waals surface area contributed by atoms with E-state index in [1.165, 1.54) is 5.56 Å². The summed E-state index contributed by atoms with van der Waals surface area (Å²) in [5.74, 6) is 2.38. The standard InChI is InChI=1S/C18H15N3O/c1-12-5-3-6-14(11-12)21-17-15(7-4-10-19-17)20-18(21)16-9-8-13(2)22-16/h3-11H,1-2H3. The first-order chi connectivity index (χ1) is 10.7. The van der Waals surface area contributed by atoms with Crippen LogP contribution in [0, 0.1) is 13.8 Å². The average Bonchev–Trinajstić information content (AvgIpc) is 3.10. The molecule has 4 heteroatoms. The average molecular weight is 289 g/mol. The lowest BCUT2D eigenvalue weighted by Crippen LogP contribution is -1.98. The number of nitrogens with zero attached hydrogens (tertiary/aromatic N) is 3. The van der Waals surface area contributed by atoms with Crippen molar-refractivity contribution < 1.29 is 4.42 Å². The molecule has 4 rings (SSSR count). The quantitative estimate of drug-likeness (QED) is 0.552. The summed E-state index contributed by atoms with van der Waals surface area (Å²) in [7, 11) is 0. The summed E-state index contributed by atoms with van der Waals surface area (Å²) in [6.07, 6.45) is 1.79. The van der Waals surface area contributed by atoms with E-state index in [4.69, 9.17) is 9.40 Å². The molecule has 0 saturated heterocycles. The SMILES string of the molecule is Cc1cccc(-n2c(-c3ccc(C)o3)nc3cccnc32)c1. The Hall–Kier alpha value is -2.88. The molecule has 0 aliphatic carbocycles. The van der Waals surface area contributed by atoms with Gasteiger partial charge in [-0.25, -0.2) is 9.97 Å². The lowest BCUT2D eigenvalue weighted by atomic mass is 10.2. The van der Waals surface area contributed by atoms with Crippen LogP contribution in [-0.2, 0) is 0 Å². The highest BCUT2D eigenvalue weighted by Gasteiger charge is 2.17. The normalized spacial score (nSPS) is 11.2. The fraction of sp³-hybridized carbons (Fsp3) is 0.111. The highest BCUT2D eigenvalue weighted by Crippen LogP contribution is 2.28. The predicted molar refractivity (Wildman–Crippen MR) is 86.0 cm³/mol. The molecule has 0 aliphatic heterocycles. The second-order valence-electron chi connectivity index (χ2n) is 5.37. The number of aromatic nitrogens is 3. The molecule has 4 aromatic rings. The van der Waals surface area contributed by atoms with Crippen LogP contribution in [0.5, 0.6) is 0 Å². The first-order valence-electron chi connectivity index (χ1n) is 7.20. The third kappa shape index (κ3) is 2.00. The van der Waals surface area contributed by atoms with Crippen LogP contribution in [0.2, 0.25) is 0 Å². The molecule has 0 fully saturated rings. The molecule has 0 amide bonds. The molecule has 3 heterocycles. The number of imidazole rings is 1. The van der Waals surface area contributed by atoms with Crippen molar-refractivity contribution >= 4 is 11.2 Å². The Bertz CT molecular complexity index is 965. The first-order valence-corrected chi connectivity index (χ1v) is 7.20. The number of fused-ring (bicyclic) bond motifs is 1. The molecule has 4 nitrogen and oxygen atoms in total. The van der Waals surface area contributed by atoms with E-state index in [1.54, 1.807) is 6.20 Å². The molecule has 1 aromatic carbocycles. The highest BCUT2D eigenvalue weighted by molar-refractivity contribution is 5.78. The molecule has 0 atom stereocenters. The second kappa shape index (κ2) is 4.84. The molecule has 0 bridgehead atoms. The van der Waals surface area contributed by atoms with Crippen molar-refractivity contribution in [1.82, 2.24) is 14.5 Å². The second-order valence-corrected chi connectivity index (χ2v) is 5.37. The number of rotatable bonds is 2. The van der Waals surface area contributed by atoms with Crippen molar-refractivity contribution in [3.63, 3.8) is 0 Å². The van der Waals surface area contributed by atoms with E-state index in [9.17, 15) is 0 Å². The summed E-state index contributed by atoms with van der Waals surface area (Å²) in [5, 5.41) is 0. The van der Waals surface area contributed by atoms with Gasteiger partial charge in [-0.2, -0.15) is 0 Å². The van der Waals surface area contributed by atoms with Crippen molar-refractivity contribution in [1.29, 1.82) is 0 Å². The number of aryl methyl sites for hydroxylation is 2. The monoisotopic (exact) mass is 289 g/mol. The molecule has 0 spiro atoms. The maximum atomic E-state index is 5.78. The maximum absolute atomic E-state index is 5.78. The van der Waals surface area contributed by atoms with Crippen LogP contribution in [0.25, 0.3) is 28.4 Å². The zero-order valence-corrected chi connectivity index (χ0v) is 12.4. The first kappa shape index (κ1) is 12.8. The van der Waals surface area contributed by atoms with Crippen LogP contribution in [0.4, 0.5) is 0 Å². The minimum absolute atomic E-state index is 0.747. The van der Waals surface area contributed by atoms with Crippen molar-refractivity contribution in [3.05, 3.63) is 66.1 Å². The molecule has 0 N–H and O–H groups in total. The largest absolute Gasteiger partial charge is 0.458 e. The molecule has 3 aromatic heterocycles. The van der Waals surface area contributed by atoms with Crippen molar-refractivity contribution in [3.8, 4) is 17.3 Å². The van der Waals surface area contributed by atoms with Gasteiger partial charge in [0, 0.05) is 11.9 Å². The Kier molecular flexibility index (Phi) is 2.82. The van der Waals surface area contributed by atoms with Crippen LogP contribution in [-0.4, -0.2) is 14.5 Å². The highest BCUT2D eigenvalue weighted by atomic mass is 16.3. The van der Waals surface area contributed by atoms with E-state index >= 15 is 0 Å². The van der Waals surface area contributed by atoms with Gasteiger partial charge in [0.05, 0.1) is 0 Å². The van der Waals surface area contributed by atoms with Gasteiger partial charge in [0.2, 0.25) is 0 Å². The van der Waals surface area contributed by atoms with Crippen LogP contribution in [0.1, 0.15) is 11.3 Å². The van der Waals surface area contributed by atoms with Gasteiger partial charge in [-0.3, -0.25) is 4.57 Å². The Balaban J connectivity index is 2.06. The van der Waals surface area contributed by atoms with Gasteiger partial charge in [-0.05, 0) is 55.8 Å². The van der Waals surface area contributed by atoms with E-state index in [0.717, 1.165) is 34.2 Å². The maximum Gasteiger partial charge on any atom is 0.183 e. The fourth-order valence-electron chi connectivity index (χ4n) is 2.64. The Morgan fingerprint density at radius 1 is 1.00 bits per heavy atom. The van der Waals surface area contributed by atoms with E-state index in [-0.39, 0.29) is 0 Å². The van der Waals surface area contributed by atoms with Crippen LogP contribution in [0.3, 0.4) is 0 Å². The number of benzene rings is 1. The Labute approximate surface area is 128 Å². The van der Waals surface area contributed by atoms with Gasteiger partial charge in [0.25, 0.3) is 0 Å². The number of hydrogen-bond donors (Lipinski definition) is 0. The van der Waals surface area contributed by atoms with E-state index in [1.807, 2.05) is 41.8 Å². The summed E-state index contributed by atoms with van der Waals surface area (Å²) >= 11 is 0. The fourth-order valence-corrected chi connectivity index (χ4v) is 2.64. The summed E-state index contributed by atoms with van der Waals surface area (Å²) in [6, 6.07) is 16.0. The van der Waals surface area contributed by atoms with E-state index < -0.39 is 0 Å². The third-order valence-corrected chi connectivity index (χ3v) is 3.64. The van der Waals surface area contributed by atoms with Gasteiger partial charge in [0.15, 0.2) is 17.2 Å². The predicted octanol–water partition coefficient (Wildman–Crippen LogP) is 4.30. The summed E-state index contributed by atoms with van der Waals surface area (Å²) in [6.45, 7) is 4.01. The number of pyridine rings is 1. The summed E-state index contributed by atoms with van der Waals surface area (Å²) < 4.78 is 7.82. The molecule has 0 unspecified atom stereocenters. The van der Waals surface area contributed by atoms with Crippen LogP contribution < -0.4 is 0 Å². The van der Waals surface area contributed by atoms with Gasteiger partial charge in [-0.1, -0.05) is 12.1 Å². The minimum Gasteiger partial charge on any atom is -0.458 e. The molecular formula is C18H15N3O. The number of furan rings is 1. The van der Waals surface area contributed by atoms with Gasteiger partial charge >= 0.3 is 0 Å². The van der Waals surface area contributed by atoms with E-state index in [2.05, 4.69) is 30.1 Å². The van der Waals surface area contributed by atoms with E-state index in [0.29, 0.717) is 0 Å². The van der Waals surface area contributed by atoms with Crippen LogP contribution in [0.15, 0.2) is 59.1 Å². The van der Waals surface area contributed by atoms with Crippen LogP contribution >= 0.6 is 0 Å². The van der Waals surface area contributed by atoms with Gasteiger partial charge in [-0.15, -0.1) is 0 Å². The lowest BCUT2D eigenvalue weighted by Gasteiger charge is -2.08. The number of hydrogen-bond acceptors (Lipinski definition) is 3. The summed E-state index contributed by atoms with van der Waals surface area (Å²) in [5.41, 5.74) is 3.91. The lowest BCUT2D eigenvalue weighted by molar-refractivity contribution is 0.543. The third-order valence-electron chi connectivity index (χ3n) is 3.64.